The number of imidazole rings is 1. The average Bonchev–Trinajstić information content (AvgIpc) is 3.56. The van der Waals surface area contributed by atoms with Crippen molar-refractivity contribution in [2.24, 2.45) is 0 Å². The number of nitrogens with zero attached hydrogens (tertiary/aromatic N) is 1. The van der Waals surface area contributed by atoms with Crippen LogP contribution in [0.1, 0.15) is 35.3 Å². The molecule has 0 saturated heterocycles. The molecule has 6 rings (SSSR count). The Morgan fingerprint density at radius 1 is 0.677 bits per heavy atom. The fourth-order valence-corrected chi connectivity index (χ4v) is 4.29. The Morgan fingerprint density at radius 2 is 1.29 bits per heavy atom. The number of nitrogens with one attached hydrogen (secondary N) is 5. The normalized spacial score (nSPS) is 12.5. The summed E-state index contributed by atoms with van der Waals surface area (Å²) < 4.78 is 0. The molecule has 8 bridgehead atoms. The first-order chi connectivity index (χ1) is 15.2. The van der Waals surface area contributed by atoms with Crippen LogP contribution < -0.4 is 21.4 Å². The number of fused-ring (bicyclic) bond motifs is 8. The van der Waals surface area contributed by atoms with Crippen molar-refractivity contribution in [1.29, 1.82) is 0 Å². The van der Waals surface area contributed by atoms with Gasteiger partial charge in [-0.1, -0.05) is 6.92 Å². The molecule has 0 fully saturated rings. The van der Waals surface area contributed by atoms with Gasteiger partial charge in [0.25, 0.3) is 0 Å². The predicted molar refractivity (Wildman–Crippen MR) is 123 cm³/mol. The minimum absolute atomic E-state index is 0.870. The van der Waals surface area contributed by atoms with E-state index >= 15 is 0 Å². The van der Waals surface area contributed by atoms with E-state index in [9.17, 15) is 0 Å². The van der Waals surface area contributed by atoms with Crippen LogP contribution in [0.25, 0.3) is 35.7 Å². The summed E-state index contributed by atoms with van der Waals surface area (Å²) in [5.74, 6) is 0.870. The smallest absolute Gasteiger partial charge is 0.139 e. The molecule has 0 aliphatic carbocycles. The highest BCUT2D eigenvalue weighted by Gasteiger charge is 2.13. The standard InChI is InChI=1S/C25H22N6/c1-2-21-22-13-19-7-5-17(29-19)11-15-3-4-16(28-15)12-18-6-8-20(30-18)14-23(31-22)24(21)25-26-9-10-27-25/h3-14,28-31H,2H2,1H3,(H,26,27). The zero-order chi connectivity index (χ0) is 20.8. The first-order valence-electron chi connectivity index (χ1n) is 10.5. The van der Waals surface area contributed by atoms with E-state index in [-0.39, 0.29) is 0 Å². The van der Waals surface area contributed by atoms with E-state index in [0.717, 1.165) is 62.0 Å². The van der Waals surface area contributed by atoms with Crippen molar-refractivity contribution in [3.05, 3.63) is 98.5 Å². The van der Waals surface area contributed by atoms with Crippen molar-refractivity contribution >= 4 is 24.3 Å². The molecule has 0 radical (unpaired) electrons. The summed E-state index contributed by atoms with van der Waals surface area (Å²) in [6.45, 7) is 2.18. The van der Waals surface area contributed by atoms with E-state index in [0.29, 0.717) is 0 Å². The summed E-state index contributed by atoms with van der Waals surface area (Å²) in [6, 6.07) is 12.6. The third-order valence-corrected chi connectivity index (χ3v) is 5.67. The fourth-order valence-electron chi connectivity index (χ4n) is 4.29. The highest BCUT2D eigenvalue weighted by Crippen LogP contribution is 2.15. The monoisotopic (exact) mass is 406 g/mol. The Morgan fingerprint density at radius 3 is 1.87 bits per heavy atom. The molecular formula is C25H22N6. The lowest BCUT2D eigenvalue weighted by molar-refractivity contribution is 1.11. The fraction of sp³-hybridized carbons (Fsp3) is 0.0800. The van der Waals surface area contributed by atoms with Gasteiger partial charge in [-0.2, -0.15) is 0 Å². The van der Waals surface area contributed by atoms with Crippen molar-refractivity contribution in [2.45, 2.75) is 13.3 Å². The van der Waals surface area contributed by atoms with Crippen LogP contribution in [0.2, 0.25) is 0 Å². The van der Waals surface area contributed by atoms with Gasteiger partial charge in [0.2, 0.25) is 0 Å². The lowest BCUT2D eigenvalue weighted by Crippen LogP contribution is -2.12. The van der Waals surface area contributed by atoms with Crippen molar-refractivity contribution in [3.63, 3.8) is 0 Å². The van der Waals surface area contributed by atoms with Crippen LogP contribution in [0.4, 0.5) is 0 Å². The lowest BCUT2D eigenvalue weighted by Gasteiger charge is -1.98. The molecule has 31 heavy (non-hydrogen) atoms. The Kier molecular flexibility index (Phi) is 3.96. The molecule has 0 saturated carbocycles. The molecule has 1 aliphatic heterocycles. The van der Waals surface area contributed by atoms with Crippen LogP contribution in [0, 0.1) is 0 Å². The van der Waals surface area contributed by atoms with Crippen LogP contribution in [0.3, 0.4) is 0 Å². The maximum absolute atomic E-state index is 4.54. The maximum atomic E-state index is 4.54. The Bertz CT molecular complexity index is 1620. The summed E-state index contributed by atoms with van der Waals surface area (Å²) in [7, 11) is 0. The summed E-state index contributed by atoms with van der Waals surface area (Å²) in [5.41, 5.74) is 6.52. The Balaban J connectivity index is 1.69. The van der Waals surface area contributed by atoms with E-state index in [1.807, 2.05) is 6.20 Å². The molecule has 0 spiro atoms. The second-order valence-corrected chi connectivity index (χ2v) is 7.78. The quantitative estimate of drug-likeness (QED) is 0.297. The van der Waals surface area contributed by atoms with Crippen LogP contribution in [-0.4, -0.2) is 29.9 Å². The van der Waals surface area contributed by atoms with Crippen LogP contribution in [-0.2, 0) is 6.42 Å². The Labute approximate surface area is 177 Å². The minimum Gasteiger partial charge on any atom is -0.355 e. The molecule has 5 aromatic rings. The van der Waals surface area contributed by atoms with Gasteiger partial charge in [-0.3, -0.25) is 0 Å². The predicted octanol–water partition coefficient (Wildman–Crippen LogP) is 1.58. The van der Waals surface area contributed by atoms with Gasteiger partial charge in [0, 0.05) is 56.8 Å². The van der Waals surface area contributed by atoms with Crippen molar-refractivity contribution < 1.29 is 0 Å². The number of hydrogen-bond acceptors (Lipinski definition) is 1. The van der Waals surface area contributed by atoms with Gasteiger partial charge >= 0.3 is 0 Å². The van der Waals surface area contributed by atoms with E-state index in [1.54, 1.807) is 6.20 Å². The summed E-state index contributed by atoms with van der Waals surface area (Å²) >= 11 is 0. The van der Waals surface area contributed by atoms with E-state index < -0.39 is 0 Å². The van der Waals surface area contributed by atoms with Crippen LogP contribution in [0.15, 0.2) is 48.8 Å². The van der Waals surface area contributed by atoms with E-state index in [4.69, 9.17) is 0 Å². The number of aromatic nitrogens is 6. The molecule has 6 heteroatoms. The topological polar surface area (TPSA) is 91.8 Å². The molecule has 0 atom stereocenters. The number of aromatic amines is 5. The van der Waals surface area contributed by atoms with E-state index in [2.05, 4.69) is 97.5 Å². The molecule has 0 aromatic carbocycles. The van der Waals surface area contributed by atoms with Crippen molar-refractivity contribution in [3.8, 4) is 11.4 Å². The van der Waals surface area contributed by atoms with Crippen LogP contribution in [0.5, 0.6) is 0 Å². The lowest BCUT2D eigenvalue weighted by atomic mass is 10.1. The van der Waals surface area contributed by atoms with E-state index in [1.165, 1.54) is 5.56 Å². The molecule has 1 aliphatic rings. The van der Waals surface area contributed by atoms with Crippen molar-refractivity contribution in [2.75, 3.05) is 0 Å². The number of H-pyrrole nitrogens is 5. The summed E-state index contributed by atoms with van der Waals surface area (Å²) in [4.78, 5) is 21.9. The zero-order valence-corrected chi connectivity index (χ0v) is 17.1. The number of rotatable bonds is 2. The maximum Gasteiger partial charge on any atom is 0.139 e. The van der Waals surface area contributed by atoms with Gasteiger partial charge in [0.15, 0.2) is 0 Å². The Hall–Kier alpha value is -4.19. The zero-order valence-electron chi connectivity index (χ0n) is 17.1. The first-order valence-corrected chi connectivity index (χ1v) is 10.5. The molecular weight excluding hydrogens is 384 g/mol. The third kappa shape index (κ3) is 3.18. The molecule has 5 N–H and O–H groups in total. The molecule has 5 aromatic heterocycles. The summed E-state index contributed by atoms with van der Waals surface area (Å²) in [5, 5.41) is 4.22. The van der Waals surface area contributed by atoms with Crippen LogP contribution >= 0.6 is 0 Å². The highest BCUT2D eigenvalue weighted by molar-refractivity contribution is 5.67. The third-order valence-electron chi connectivity index (χ3n) is 5.67. The minimum atomic E-state index is 0.870. The second-order valence-electron chi connectivity index (χ2n) is 7.78. The average molecular weight is 406 g/mol. The number of hydrogen-bond donors (Lipinski definition) is 5. The molecule has 0 unspecified atom stereocenters. The first kappa shape index (κ1) is 17.7. The van der Waals surface area contributed by atoms with Gasteiger partial charge < -0.3 is 24.9 Å². The molecule has 152 valence electrons. The van der Waals surface area contributed by atoms with Crippen molar-refractivity contribution in [1.82, 2.24) is 29.9 Å². The van der Waals surface area contributed by atoms with Gasteiger partial charge in [-0.15, -0.1) is 0 Å². The van der Waals surface area contributed by atoms with Gasteiger partial charge in [-0.25, -0.2) is 4.98 Å². The SMILES string of the molecule is CCc1c(-c2ncc[nH]2)c2[nH]c1=Cc1ccc([nH]1)C=c1ccc([nH]1)=Cc1ccc([nH]1)C=2. The molecule has 0 amide bonds. The van der Waals surface area contributed by atoms with Gasteiger partial charge in [-0.05, 0) is 72.7 Å². The molecule has 6 nitrogen and oxygen atoms in total. The van der Waals surface area contributed by atoms with Gasteiger partial charge in [0.1, 0.15) is 5.82 Å². The molecule has 6 heterocycles. The second kappa shape index (κ2) is 6.95. The largest absolute Gasteiger partial charge is 0.355 e. The van der Waals surface area contributed by atoms with Gasteiger partial charge in [0.05, 0.1) is 5.35 Å². The highest BCUT2D eigenvalue weighted by atomic mass is 14.9. The summed E-state index contributed by atoms with van der Waals surface area (Å²) in [6.07, 6.45) is 13.1.